The monoisotopic (exact) mass is 312 g/mol. The SMILES string of the molecule is Cc1cc(N2CCCC(CN(C)S(C)(=O)=O)C2)nc(C)n1. The molecule has 0 N–H and O–H groups in total. The zero-order valence-electron chi connectivity index (χ0n) is 13.2. The Hall–Kier alpha value is -1.21. The first-order valence-corrected chi connectivity index (χ1v) is 9.09. The topological polar surface area (TPSA) is 66.4 Å². The molecule has 118 valence electrons. The number of nitrogens with zero attached hydrogens (tertiary/aromatic N) is 4. The van der Waals surface area contributed by atoms with Crippen LogP contribution in [0, 0.1) is 19.8 Å². The first kappa shape index (κ1) is 16.2. The number of sulfonamides is 1. The molecule has 0 bridgehead atoms. The van der Waals surface area contributed by atoms with Gasteiger partial charge < -0.3 is 4.90 Å². The summed E-state index contributed by atoms with van der Waals surface area (Å²) in [6.07, 6.45) is 3.37. The molecule has 1 aromatic rings. The maximum Gasteiger partial charge on any atom is 0.210 e. The summed E-state index contributed by atoms with van der Waals surface area (Å²) in [7, 11) is -1.46. The average molecular weight is 312 g/mol. The molecule has 2 heterocycles. The van der Waals surface area contributed by atoms with Gasteiger partial charge in [0.1, 0.15) is 11.6 Å². The summed E-state index contributed by atoms with van der Waals surface area (Å²) < 4.78 is 24.5. The fourth-order valence-electron chi connectivity index (χ4n) is 2.78. The number of hydrogen-bond donors (Lipinski definition) is 0. The number of rotatable bonds is 4. The van der Waals surface area contributed by atoms with Crippen LogP contribution in [0.2, 0.25) is 0 Å². The van der Waals surface area contributed by atoms with Crippen molar-refractivity contribution in [1.29, 1.82) is 0 Å². The summed E-state index contributed by atoms with van der Waals surface area (Å²) in [4.78, 5) is 11.0. The number of hydrogen-bond acceptors (Lipinski definition) is 5. The smallest absolute Gasteiger partial charge is 0.210 e. The minimum absolute atomic E-state index is 0.342. The molecule has 0 spiro atoms. The lowest BCUT2D eigenvalue weighted by molar-refractivity contribution is 0.336. The third-order valence-corrected chi connectivity index (χ3v) is 5.16. The third kappa shape index (κ3) is 4.38. The van der Waals surface area contributed by atoms with Gasteiger partial charge >= 0.3 is 0 Å². The Morgan fingerprint density at radius 2 is 2.10 bits per heavy atom. The first-order chi connectivity index (χ1) is 9.75. The van der Waals surface area contributed by atoms with Gasteiger partial charge in [0, 0.05) is 38.4 Å². The lowest BCUT2D eigenvalue weighted by Gasteiger charge is -2.35. The van der Waals surface area contributed by atoms with Crippen LogP contribution in [0.5, 0.6) is 0 Å². The Labute approximate surface area is 127 Å². The minimum Gasteiger partial charge on any atom is -0.356 e. The molecule has 21 heavy (non-hydrogen) atoms. The fourth-order valence-corrected chi connectivity index (χ4v) is 3.26. The van der Waals surface area contributed by atoms with E-state index in [2.05, 4.69) is 14.9 Å². The first-order valence-electron chi connectivity index (χ1n) is 7.24. The molecule has 0 saturated carbocycles. The Morgan fingerprint density at radius 1 is 1.38 bits per heavy atom. The zero-order valence-corrected chi connectivity index (χ0v) is 14.0. The molecule has 1 atom stereocenters. The van der Waals surface area contributed by atoms with Crippen LogP contribution in [0.1, 0.15) is 24.4 Å². The van der Waals surface area contributed by atoms with E-state index in [1.807, 2.05) is 19.9 Å². The molecule has 7 heteroatoms. The third-order valence-electron chi connectivity index (χ3n) is 3.88. The van der Waals surface area contributed by atoms with E-state index in [9.17, 15) is 8.42 Å². The number of aryl methyl sites for hydroxylation is 2. The van der Waals surface area contributed by atoms with Gasteiger partial charge in [-0.1, -0.05) is 0 Å². The van der Waals surface area contributed by atoms with Gasteiger partial charge in [-0.15, -0.1) is 0 Å². The van der Waals surface area contributed by atoms with Crippen molar-refractivity contribution in [2.24, 2.45) is 5.92 Å². The standard InChI is InChI=1S/C14H24N4O2S/c1-11-8-14(16-12(2)15-11)18-7-5-6-13(10-18)9-17(3)21(4,19)20/h8,13H,5-7,9-10H2,1-4H3. The van der Waals surface area contributed by atoms with Crippen LogP contribution in [-0.2, 0) is 10.0 Å². The summed E-state index contributed by atoms with van der Waals surface area (Å²) in [6.45, 7) is 6.25. The maximum absolute atomic E-state index is 11.5. The maximum atomic E-state index is 11.5. The average Bonchev–Trinajstić information content (AvgIpc) is 2.36. The largest absolute Gasteiger partial charge is 0.356 e. The van der Waals surface area contributed by atoms with Gasteiger partial charge in [0.25, 0.3) is 0 Å². The van der Waals surface area contributed by atoms with Crippen LogP contribution >= 0.6 is 0 Å². The molecule has 0 aliphatic carbocycles. The summed E-state index contributed by atoms with van der Waals surface area (Å²) in [6, 6.07) is 2.00. The Balaban J connectivity index is 2.07. The van der Waals surface area contributed by atoms with Gasteiger partial charge in [-0.05, 0) is 32.6 Å². The van der Waals surface area contributed by atoms with Crippen molar-refractivity contribution >= 4 is 15.8 Å². The van der Waals surface area contributed by atoms with E-state index in [0.29, 0.717) is 12.5 Å². The Bertz CT molecular complexity index is 583. The number of piperidine rings is 1. The summed E-state index contributed by atoms with van der Waals surface area (Å²) in [5.41, 5.74) is 0.966. The van der Waals surface area contributed by atoms with Crippen LogP contribution in [0.4, 0.5) is 5.82 Å². The van der Waals surface area contributed by atoms with Crippen LogP contribution in [-0.4, -0.2) is 55.6 Å². The molecule has 0 amide bonds. The van der Waals surface area contributed by atoms with E-state index in [0.717, 1.165) is 43.3 Å². The zero-order chi connectivity index (χ0) is 15.6. The van der Waals surface area contributed by atoms with E-state index in [-0.39, 0.29) is 0 Å². The van der Waals surface area contributed by atoms with E-state index in [1.54, 1.807) is 7.05 Å². The van der Waals surface area contributed by atoms with Crippen molar-refractivity contribution in [3.63, 3.8) is 0 Å². The van der Waals surface area contributed by atoms with E-state index >= 15 is 0 Å². The van der Waals surface area contributed by atoms with Crippen molar-refractivity contribution in [2.45, 2.75) is 26.7 Å². The van der Waals surface area contributed by atoms with Crippen molar-refractivity contribution in [3.05, 3.63) is 17.6 Å². The highest BCUT2D eigenvalue weighted by Gasteiger charge is 2.24. The Kier molecular flexibility index (Phi) is 4.83. The van der Waals surface area contributed by atoms with Gasteiger partial charge in [0.05, 0.1) is 6.26 Å². The van der Waals surface area contributed by atoms with Gasteiger partial charge in [-0.25, -0.2) is 22.7 Å². The van der Waals surface area contributed by atoms with Crippen molar-refractivity contribution in [3.8, 4) is 0 Å². The van der Waals surface area contributed by atoms with E-state index in [1.165, 1.54) is 10.6 Å². The number of aromatic nitrogens is 2. The second kappa shape index (κ2) is 6.27. The molecule has 0 radical (unpaired) electrons. The predicted octanol–water partition coefficient (Wildman–Crippen LogP) is 1.20. The molecule has 1 aliphatic heterocycles. The van der Waals surface area contributed by atoms with Crippen molar-refractivity contribution in [1.82, 2.24) is 14.3 Å². The van der Waals surface area contributed by atoms with Crippen LogP contribution in [0.15, 0.2) is 6.07 Å². The quantitative estimate of drug-likeness (QED) is 0.836. The molecular weight excluding hydrogens is 288 g/mol. The van der Waals surface area contributed by atoms with Gasteiger partial charge in [0.2, 0.25) is 10.0 Å². The second-order valence-electron chi connectivity index (χ2n) is 5.91. The van der Waals surface area contributed by atoms with Gasteiger partial charge in [0.15, 0.2) is 0 Å². The van der Waals surface area contributed by atoms with Crippen molar-refractivity contribution in [2.75, 3.05) is 37.8 Å². The fraction of sp³-hybridized carbons (Fsp3) is 0.714. The van der Waals surface area contributed by atoms with Gasteiger partial charge in [-0.2, -0.15) is 0 Å². The second-order valence-corrected chi connectivity index (χ2v) is 8.00. The lowest BCUT2D eigenvalue weighted by atomic mass is 9.98. The summed E-state index contributed by atoms with van der Waals surface area (Å²) >= 11 is 0. The van der Waals surface area contributed by atoms with Crippen LogP contribution in [0.25, 0.3) is 0 Å². The molecule has 2 rings (SSSR count). The molecule has 6 nitrogen and oxygen atoms in total. The number of anilines is 1. The highest BCUT2D eigenvalue weighted by atomic mass is 32.2. The lowest BCUT2D eigenvalue weighted by Crippen LogP contribution is -2.41. The molecule has 1 unspecified atom stereocenters. The van der Waals surface area contributed by atoms with E-state index in [4.69, 9.17) is 0 Å². The normalized spacial score (nSPS) is 20.0. The molecular formula is C14H24N4O2S. The highest BCUT2D eigenvalue weighted by Crippen LogP contribution is 2.23. The molecule has 1 fully saturated rings. The summed E-state index contributed by atoms with van der Waals surface area (Å²) in [5, 5.41) is 0. The summed E-state index contributed by atoms with van der Waals surface area (Å²) in [5.74, 6) is 2.07. The molecule has 1 aliphatic rings. The predicted molar refractivity (Wildman–Crippen MR) is 83.9 cm³/mol. The van der Waals surface area contributed by atoms with Crippen molar-refractivity contribution < 1.29 is 8.42 Å². The van der Waals surface area contributed by atoms with E-state index < -0.39 is 10.0 Å². The van der Waals surface area contributed by atoms with Crippen LogP contribution < -0.4 is 4.90 Å². The Morgan fingerprint density at radius 3 is 2.71 bits per heavy atom. The molecule has 0 aromatic carbocycles. The molecule has 1 saturated heterocycles. The minimum atomic E-state index is -3.11. The van der Waals surface area contributed by atoms with Gasteiger partial charge in [-0.3, -0.25) is 0 Å². The highest BCUT2D eigenvalue weighted by molar-refractivity contribution is 7.88. The molecule has 1 aromatic heterocycles. The van der Waals surface area contributed by atoms with Crippen LogP contribution in [0.3, 0.4) is 0 Å².